The van der Waals surface area contributed by atoms with E-state index < -0.39 is 0 Å². The van der Waals surface area contributed by atoms with E-state index in [9.17, 15) is 4.39 Å². The molecule has 1 heterocycles. The first-order valence-electron chi connectivity index (χ1n) is 5.14. The smallest absolute Gasteiger partial charge is 0.151 e. The first-order chi connectivity index (χ1) is 7.31. The van der Waals surface area contributed by atoms with Crippen LogP contribution in [0.4, 0.5) is 4.39 Å². The van der Waals surface area contributed by atoms with Gasteiger partial charge in [0.25, 0.3) is 0 Å². The molecule has 2 aromatic rings. The fourth-order valence-corrected chi connectivity index (χ4v) is 1.60. The molecule has 0 amide bonds. The quantitative estimate of drug-likeness (QED) is 0.753. The maximum Gasteiger partial charge on any atom is 0.151 e. The highest BCUT2D eigenvalue weighted by molar-refractivity contribution is 5.75. The average molecular weight is 207 g/mol. The molecule has 0 fully saturated rings. The van der Waals surface area contributed by atoms with Crippen molar-refractivity contribution in [3.8, 4) is 0 Å². The van der Waals surface area contributed by atoms with Crippen LogP contribution in [-0.2, 0) is 6.42 Å². The molecule has 0 radical (unpaired) electrons. The minimum Gasteiger partial charge on any atom is -0.342 e. The number of hydrogen-bond donors (Lipinski definition) is 2. The van der Waals surface area contributed by atoms with Crippen molar-refractivity contribution in [2.24, 2.45) is 5.73 Å². The number of hydrogen-bond acceptors (Lipinski definition) is 2. The molecule has 15 heavy (non-hydrogen) atoms. The van der Waals surface area contributed by atoms with Crippen LogP contribution in [0.1, 0.15) is 18.7 Å². The first-order valence-corrected chi connectivity index (χ1v) is 5.14. The predicted octanol–water partition coefficient (Wildman–Crippen LogP) is 1.98. The largest absolute Gasteiger partial charge is 0.342 e. The van der Waals surface area contributed by atoms with Crippen LogP contribution >= 0.6 is 0 Å². The number of para-hydroxylation sites is 1. The lowest BCUT2D eigenvalue weighted by molar-refractivity contribution is 0.636. The summed E-state index contributed by atoms with van der Waals surface area (Å²) in [6, 6.07) is 4.93. The van der Waals surface area contributed by atoms with Gasteiger partial charge in [-0.1, -0.05) is 6.07 Å². The van der Waals surface area contributed by atoms with Crippen LogP contribution in [0.2, 0.25) is 0 Å². The Bertz CT molecular complexity index is 450. The van der Waals surface area contributed by atoms with E-state index in [-0.39, 0.29) is 5.82 Å². The molecule has 0 aliphatic carbocycles. The minimum atomic E-state index is -0.270. The first kappa shape index (κ1) is 10.1. The summed E-state index contributed by atoms with van der Waals surface area (Å²) in [5, 5.41) is 0. The Hall–Kier alpha value is -1.42. The third-order valence-electron chi connectivity index (χ3n) is 2.38. The highest BCUT2D eigenvalue weighted by Crippen LogP contribution is 2.15. The molecular weight excluding hydrogens is 193 g/mol. The highest BCUT2D eigenvalue weighted by atomic mass is 19.1. The van der Waals surface area contributed by atoms with Gasteiger partial charge >= 0.3 is 0 Å². The van der Waals surface area contributed by atoms with E-state index in [0.29, 0.717) is 12.1 Å². The van der Waals surface area contributed by atoms with Crippen molar-refractivity contribution in [3.05, 3.63) is 29.8 Å². The van der Waals surface area contributed by atoms with E-state index in [1.807, 2.05) is 6.07 Å². The fraction of sp³-hybridized carbons (Fsp3) is 0.364. The van der Waals surface area contributed by atoms with Gasteiger partial charge in [0.2, 0.25) is 0 Å². The lowest BCUT2D eigenvalue weighted by Gasteiger charge is -1.93. The van der Waals surface area contributed by atoms with Crippen molar-refractivity contribution >= 4 is 11.0 Å². The molecule has 0 bridgehead atoms. The maximum absolute atomic E-state index is 13.3. The summed E-state index contributed by atoms with van der Waals surface area (Å²) in [7, 11) is 0. The van der Waals surface area contributed by atoms with Crippen LogP contribution in [0, 0.1) is 5.82 Å². The zero-order valence-corrected chi connectivity index (χ0v) is 8.46. The summed E-state index contributed by atoms with van der Waals surface area (Å²) in [4.78, 5) is 7.32. The molecule has 3 nitrogen and oxygen atoms in total. The normalized spacial score (nSPS) is 11.1. The van der Waals surface area contributed by atoms with Crippen LogP contribution in [-0.4, -0.2) is 16.5 Å². The van der Waals surface area contributed by atoms with E-state index >= 15 is 0 Å². The lowest BCUT2D eigenvalue weighted by atomic mass is 10.2. The topological polar surface area (TPSA) is 54.7 Å². The monoisotopic (exact) mass is 207 g/mol. The zero-order chi connectivity index (χ0) is 10.7. The van der Waals surface area contributed by atoms with Crippen molar-refractivity contribution in [1.82, 2.24) is 9.97 Å². The summed E-state index contributed by atoms with van der Waals surface area (Å²) in [5.74, 6) is 0.567. The van der Waals surface area contributed by atoms with Gasteiger partial charge in [-0.05, 0) is 31.5 Å². The molecule has 0 aliphatic rings. The second kappa shape index (κ2) is 4.40. The number of aromatic nitrogens is 2. The molecule has 0 saturated carbocycles. The van der Waals surface area contributed by atoms with E-state index in [1.165, 1.54) is 6.07 Å². The number of nitrogens with two attached hydrogens (primary N) is 1. The molecule has 0 spiro atoms. The summed E-state index contributed by atoms with van der Waals surface area (Å²) in [5.41, 5.74) is 6.59. The molecule has 0 saturated heterocycles. The Morgan fingerprint density at radius 2 is 2.20 bits per heavy atom. The molecule has 80 valence electrons. The number of imidazole rings is 1. The van der Waals surface area contributed by atoms with Gasteiger partial charge in [0, 0.05) is 6.42 Å². The van der Waals surface area contributed by atoms with Gasteiger partial charge in [-0.3, -0.25) is 0 Å². The number of rotatable bonds is 4. The number of nitrogens with zero attached hydrogens (tertiary/aromatic N) is 1. The van der Waals surface area contributed by atoms with Crippen LogP contribution < -0.4 is 5.73 Å². The number of nitrogens with one attached hydrogen (secondary N) is 1. The van der Waals surface area contributed by atoms with Gasteiger partial charge in [0.15, 0.2) is 5.82 Å². The van der Waals surface area contributed by atoms with Gasteiger partial charge in [-0.25, -0.2) is 9.37 Å². The summed E-state index contributed by atoms with van der Waals surface area (Å²) in [6.45, 7) is 0.689. The van der Waals surface area contributed by atoms with E-state index in [0.717, 1.165) is 30.6 Å². The van der Waals surface area contributed by atoms with Crippen molar-refractivity contribution in [2.75, 3.05) is 6.54 Å². The minimum absolute atomic E-state index is 0.270. The highest BCUT2D eigenvalue weighted by Gasteiger charge is 2.05. The third-order valence-corrected chi connectivity index (χ3v) is 2.38. The predicted molar refractivity (Wildman–Crippen MR) is 58.0 cm³/mol. The number of H-pyrrole nitrogens is 1. The zero-order valence-electron chi connectivity index (χ0n) is 8.46. The van der Waals surface area contributed by atoms with Crippen LogP contribution in [0.3, 0.4) is 0 Å². The molecule has 1 aromatic carbocycles. The van der Waals surface area contributed by atoms with Gasteiger partial charge in [0.05, 0.1) is 5.52 Å². The summed E-state index contributed by atoms with van der Waals surface area (Å²) < 4.78 is 13.3. The van der Waals surface area contributed by atoms with Gasteiger partial charge in [-0.2, -0.15) is 0 Å². The Labute approximate surface area is 87.5 Å². The third kappa shape index (κ3) is 2.15. The number of unbranched alkanes of at least 4 members (excludes halogenated alkanes) is 1. The lowest BCUT2D eigenvalue weighted by Crippen LogP contribution is -1.99. The standard InChI is InChI=1S/C11H14FN3/c12-8-4-3-5-9-11(8)15-10(14-9)6-1-2-7-13/h3-5H,1-2,6-7,13H2,(H,14,15). The SMILES string of the molecule is NCCCCc1nc2c(F)cccc2[nH]1. The van der Waals surface area contributed by atoms with Crippen molar-refractivity contribution in [3.63, 3.8) is 0 Å². The Morgan fingerprint density at radius 1 is 1.33 bits per heavy atom. The Morgan fingerprint density at radius 3 is 2.93 bits per heavy atom. The van der Waals surface area contributed by atoms with Crippen LogP contribution in [0.15, 0.2) is 18.2 Å². The van der Waals surface area contributed by atoms with Gasteiger partial charge in [-0.15, -0.1) is 0 Å². The number of aromatic amines is 1. The average Bonchev–Trinajstić information content (AvgIpc) is 2.63. The molecule has 0 atom stereocenters. The molecule has 1 aromatic heterocycles. The number of halogens is 1. The van der Waals surface area contributed by atoms with Crippen LogP contribution in [0.5, 0.6) is 0 Å². The molecule has 0 aliphatic heterocycles. The molecule has 3 N–H and O–H groups in total. The molecule has 4 heteroatoms. The Balaban J connectivity index is 2.20. The van der Waals surface area contributed by atoms with E-state index in [4.69, 9.17) is 5.73 Å². The van der Waals surface area contributed by atoms with Crippen molar-refractivity contribution in [2.45, 2.75) is 19.3 Å². The fourth-order valence-electron chi connectivity index (χ4n) is 1.60. The second-order valence-electron chi connectivity index (χ2n) is 3.57. The summed E-state index contributed by atoms with van der Waals surface area (Å²) >= 11 is 0. The molecular formula is C11H14FN3. The summed E-state index contributed by atoms with van der Waals surface area (Å²) in [6.07, 6.45) is 2.78. The number of fused-ring (bicyclic) bond motifs is 1. The molecule has 2 rings (SSSR count). The Kier molecular flexibility index (Phi) is 2.97. The van der Waals surface area contributed by atoms with Crippen molar-refractivity contribution in [1.29, 1.82) is 0 Å². The van der Waals surface area contributed by atoms with Crippen LogP contribution in [0.25, 0.3) is 11.0 Å². The van der Waals surface area contributed by atoms with E-state index in [2.05, 4.69) is 9.97 Å². The van der Waals surface area contributed by atoms with Crippen molar-refractivity contribution < 1.29 is 4.39 Å². The number of benzene rings is 1. The van der Waals surface area contributed by atoms with Gasteiger partial charge in [0.1, 0.15) is 11.3 Å². The molecule has 0 unspecified atom stereocenters. The second-order valence-corrected chi connectivity index (χ2v) is 3.57. The maximum atomic E-state index is 13.3. The number of aryl methyl sites for hydroxylation is 1. The van der Waals surface area contributed by atoms with E-state index in [1.54, 1.807) is 6.07 Å². The van der Waals surface area contributed by atoms with Gasteiger partial charge < -0.3 is 10.7 Å².